The molecule has 0 aliphatic rings. The minimum absolute atomic E-state index is 0.00292. The van der Waals surface area contributed by atoms with Crippen molar-refractivity contribution in [2.24, 2.45) is 17.6 Å². The second-order valence-electron chi connectivity index (χ2n) is 16.1. The molecule has 0 aromatic heterocycles. The van der Waals surface area contributed by atoms with E-state index in [0.717, 1.165) is 32.7 Å². The predicted octanol–water partition coefficient (Wildman–Crippen LogP) is 3.96. The summed E-state index contributed by atoms with van der Waals surface area (Å²) in [6.45, 7) is 10.5. The summed E-state index contributed by atoms with van der Waals surface area (Å²) in [5, 5.41) is 29.2. The lowest BCUT2D eigenvalue weighted by Crippen LogP contribution is -2.58. The highest BCUT2D eigenvalue weighted by Gasteiger charge is 2.33. The summed E-state index contributed by atoms with van der Waals surface area (Å²) < 4.78 is 0. The highest BCUT2D eigenvalue weighted by atomic mass is 16.3. The fourth-order valence-corrected chi connectivity index (χ4v) is 7.18. The number of hydrogen-bond donors (Lipinski definition) is 7. The third kappa shape index (κ3) is 13.9. The molecule has 6 atom stereocenters. The highest BCUT2D eigenvalue weighted by molar-refractivity contribution is 5.93. The summed E-state index contributed by atoms with van der Waals surface area (Å²) in [6.07, 6.45) is -0.327. The predicted molar refractivity (Wildman–Crippen MR) is 230 cm³/mol. The van der Waals surface area contributed by atoms with Gasteiger partial charge in [0, 0.05) is 19.8 Å². The van der Waals surface area contributed by atoms with Crippen molar-refractivity contribution in [1.29, 1.82) is 0 Å². The van der Waals surface area contributed by atoms with Crippen molar-refractivity contribution in [3.05, 3.63) is 96.1 Å². The summed E-state index contributed by atoms with van der Waals surface area (Å²) >= 11 is 0. The van der Waals surface area contributed by atoms with Crippen molar-refractivity contribution in [3.63, 3.8) is 0 Å². The van der Waals surface area contributed by atoms with E-state index in [9.17, 15) is 33.9 Å². The molecule has 6 amide bonds. The Hall–Kier alpha value is -5.82. The molecule has 0 saturated heterocycles. The molecule has 4 rings (SSSR count). The molecule has 0 radical (unpaired) electrons. The average Bonchev–Trinajstić information content (AvgIpc) is 3.18. The molecule has 13 nitrogen and oxygen atoms in total. The summed E-state index contributed by atoms with van der Waals surface area (Å²) in [6, 6.07) is 22.2. The third-order valence-corrected chi connectivity index (χ3v) is 10.2. The number of nitrogens with two attached hydrogens (primary N) is 1. The van der Waals surface area contributed by atoms with Crippen LogP contribution in [0.15, 0.2) is 84.9 Å². The fourth-order valence-electron chi connectivity index (χ4n) is 7.18. The molecule has 8 N–H and O–H groups in total. The van der Waals surface area contributed by atoms with Crippen molar-refractivity contribution >= 4 is 57.0 Å². The van der Waals surface area contributed by atoms with Gasteiger partial charge in [0.2, 0.25) is 35.4 Å². The lowest BCUT2D eigenvalue weighted by molar-refractivity contribution is -0.134. The number of amides is 6. The van der Waals surface area contributed by atoms with Gasteiger partial charge in [-0.25, -0.2) is 0 Å². The van der Waals surface area contributed by atoms with Gasteiger partial charge in [-0.15, -0.1) is 0 Å². The van der Waals surface area contributed by atoms with Crippen LogP contribution < -0.4 is 32.3 Å². The van der Waals surface area contributed by atoms with Gasteiger partial charge in [-0.2, -0.15) is 0 Å². The largest absolute Gasteiger partial charge is 0.390 e. The van der Waals surface area contributed by atoms with Gasteiger partial charge in [-0.05, 0) is 57.3 Å². The van der Waals surface area contributed by atoms with Crippen molar-refractivity contribution in [2.75, 3.05) is 0 Å². The first kappa shape index (κ1) is 45.9. The van der Waals surface area contributed by atoms with Crippen LogP contribution in [0.1, 0.15) is 78.4 Å². The van der Waals surface area contributed by atoms with Crippen LogP contribution in [0.4, 0.5) is 0 Å². The zero-order valence-corrected chi connectivity index (χ0v) is 34.9. The standard InChI is InChI=1S/C46H60N6O7/c1-7-12-36(44(57)51-38(43(47)56)24-30-17-19-32-13-8-10-15-34(32)22-30)49-41(55)26-40(54)37(21-27(2)3)50-46(59)42(28(4)5)52-45(58)39(48-29(6)53)25-31-18-20-33-14-9-11-16-35(33)23-31/h8-11,13-20,22-23,27-28,36-40,42,54H,7,12,21,24-26H2,1-6H3,(H2,47,56)(H,48,53)(H,49,55)(H,50,59)(H,51,57)(H,52,58)/t36-,37+,38-,39-,40+,42-/m0/s1. The minimum Gasteiger partial charge on any atom is -0.390 e. The molecule has 59 heavy (non-hydrogen) atoms. The monoisotopic (exact) mass is 808 g/mol. The molecule has 0 heterocycles. The van der Waals surface area contributed by atoms with Gasteiger partial charge in [-0.3, -0.25) is 28.8 Å². The average molecular weight is 809 g/mol. The Morgan fingerprint density at radius 1 is 0.627 bits per heavy atom. The topological polar surface area (TPSA) is 209 Å². The smallest absolute Gasteiger partial charge is 0.243 e. The number of primary amides is 1. The van der Waals surface area contributed by atoms with Crippen molar-refractivity contribution in [2.45, 2.75) is 116 Å². The van der Waals surface area contributed by atoms with Crippen LogP contribution in [0, 0.1) is 11.8 Å². The SMILES string of the molecule is CCC[C@H](NC(=O)C[C@@H](O)[C@@H](CC(C)C)NC(=O)[C@@H](NC(=O)[C@H](Cc1ccc2ccccc2c1)NC(C)=O)C(C)C)C(=O)N[C@@H](Cc1ccc2ccccc2c1)C(N)=O. The van der Waals surface area contributed by atoms with Crippen molar-refractivity contribution in [1.82, 2.24) is 26.6 Å². The first-order valence-electron chi connectivity index (χ1n) is 20.4. The Kier molecular flexibility index (Phi) is 17.0. The molecule has 0 aliphatic heterocycles. The summed E-state index contributed by atoms with van der Waals surface area (Å²) in [7, 11) is 0. The minimum atomic E-state index is -1.35. The Labute approximate surface area is 346 Å². The summed E-state index contributed by atoms with van der Waals surface area (Å²) in [5.74, 6) is -3.81. The molecule has 0 fully saturated rings. The van der Waals surface area contributed by atoms with Gasteiger partial charge in [-0.1, -0.05) is 126 Å². The molecule has 0 saturated carbocycles. The molecule has 0 spiro atoms. The maximum absolute atomic E-state index is 13.8. The van der Waals surface area contributed by atoms with Gasteiger partial charge < -0.3 is 37.4 Å². The number of aliphatic hydroxyl groups excluding tert-OH is 1. The Morgan fingerprint density at radius 2 is 1.15 bits per heavy atom. The Bertz CT molecular complexity index is 2100. The summed E-state index contributed by atoms with van der Waals surface area (Å²) in [5.41, 5.74) is 7.33. The quantitative estimate of drug-likeness (QED) is 0.0659. The second-order valence-corrected chi connectivity index (χ2v) is 16.1. The number of fused-ring (bicyclic) bond motifs is 2. The van der Waals surface area contributed by atoms with Crippen LogP contribution in [0.25, 0.3) is 21.5 Å². The van der Waals surface area contributed by atoms with E-state index in [2.05, 4.69) is 26.6 Å². The number of benzene rings is 4. The van der Waals surface area contributed by atoms with Crippen molar-refractivity contribution < 1.29 is 33.9 Å². The highest BCUT2D eigenvalue weighted by Crippen LogP contribution is 2.19. The molecule has 4 aromatic rings. The number of hydrogen-bond acceptors (Lipinski definition) is 7. The zero-order valence-electron chi connectivity index (χ0n) is 34.9. The Balaban J connectivity index is 1.40. The molecule has 13 heteroatoms. The molecular formula is C46H60N6O7. The molecule has 0 bridgehead atoms. The number of aliphatic hydroxyl groups is 1. The normalized spacial score (nSPS) is 14.5. The lowest BCUT2D eigenvalue weighted by atomic mass is 9.95. The Morgan fingerprint density at radius 3 is 1.64 bits per heavy atom. The van der Waals surface area contributed by atoms with Crippen LogP contribution in [0.3, 0.4) is 0 Å². The van der Waals surface area contributed by atoms with E-state index in [1.807, 2.05) is 106 Å². The van der Waals surface area contributed by atoms with Crippen LogP contribution >= 0.6 is 0 Å². The van der Waals surface area contributed by atoms with E-state index in [1.54, 1.807) is 13.8 Å². The van der Waals surface area contributed by atoms with E-state index in [1.165, 1.54) is 6.92 Å². The van der Waals surface area contributed by atoms with Gasteiger partial charge in [0.15, 0.2) is 0 Å². The number of carbonyl (C=O) groups excluding carboxylic acids is 6. The van der Waals surface area contributed by atoms with E-state index < -0.39 is 78.2 Å². The molecule has 0 aliphatic carbocycles. The lowest BCUT2D eigenvalue weighted by Gasteiger charge is -2.30. The maximum Gasteiger partial charge on any atom is 0.243 e. The van der Waals surface area contributed by atoms with Gasteiger partial charge >= 0.3 is 0 Å². The van der Waals surface area contributed by atoms with Gasteiger partial charge in [0.05, 0.1) is 18.6 Å². The first-order valence-corrected chi connectivity index (χ1v) is 20.4. The van der Waals surface area contributed by atoms with Gasteiger partial charge in [0.25, 0.3) is 0 Å². The van der Waals surface area contributed by atoms with E-state index in [-0.39, 0.29) is 31.1 Å². The second kappa shape index (κ2) is 21.8. The zero-order chi connectivity index (χ0) is 43.2. The van der Waals surface area contributed by atoms with Crippen LogP contribution in [-0.4, -0.2) is 76.9 Å². The van der Waals surface area contributed by atoms with Crippen LogP contribution in [0.5, 0.6) is 0 Å². The molecular weight excluding hydrogens is 749 g/mol. The number of rotatable bonds is 21. The van der Waals surface area contributed by atoms with Crippen LogP contribution in [-0.2, 0) is 41.6 Å². The van der Waals surface area contributed by atoms with E-state index in [0.29, 0.717) is 12.8 Å². The fraction of sp³-hybridized carbons (Fsp3) is 0.435. The van der Waals surface area contributed by atoms with Crippen LogP contribution in [0.2, 0.25) is 0 Å². The van der Waals surface area contributed by atoms with E-state index >= 15 is 0 Å². The van der Waals surface area contributed by atoms with Gasteiger partial charge in [0.1, 0.15) is 24.2 Å². The molecule has 4 aromatic carbocycles. The third-order valence-electron chi connectivity index (χ3n) is 10.2. The molecule has 316 valence electrons. The van der Waals surface area contributed by atoms with Crippen molar-refractivity contribution in [3.8, 4) is 0 Å². The maximum atomic E-state index is 13.8. The van der Waals surface area contributed by atoms with E-state index in [4.69, 9.17) is 5.73 Å². The number of carbonyl (C=O) groups is 6. The summed E-state index contributed by atoms with van der Waals surface area (Å²) in [4.78, 5) is 79.0. The molecule has 0 unspecified atom stereocenters. The first-order chi connectivity index (χ1) is 28.0. The number of nitrogens with one attached hydrogen (secondary N) is 5.